The smallest absolute Gasteiger partial charge is 0.328 e. The minimum Gasteiger partial charge on any atom is -0.467 e. The van der Waals surface area contributed by atoms with Gasteiger partial charge in [0, 0.05) is 5.25 Å². The Labute approximate surface area is 114 Å². The first-order valence-electron chi connectivity index (χ1n) is 6.62. The Kier molecular flexibility index (Phi) is 6.54. The lowest BCUT2D eigenvalue weighted by Crippen LogP contribution is -2.41. The third-order valence-electron chi connectivity index (χ3n) is 2.82. The molecule has 2 unspecified atom stereocenters. The summed E-state index contributed by atoms with van der Waals surface area (Å²) in [6, 6.07) is -0.276. The van der Waals surface area contributed by atoms with Crippen molar-refractivity contribution < 1.29 is 9.53 Å². The van der Waals surface area contributed by atoms with E-state index in [-0.39, 0.29) is 12.0 Å². The van der Waals surface area contributed by atoms with E-state index in [1.54, 1.807) is 11.8 Å². The zero-order valence-corrected chi connectivity index (χ0v) is 12.5. The normalized spacial score (nSPS) is 20.7. The van der Waals surface area contributed by atoms with Gasteiger partial charge in [0.15, 0.2) is 5.17 Å². The number of hydrogen-bond donors (Lipinski definition) is 1. The Morgan fingerprint density at radius 2 is 2.33 bits per heavy atom. The van der Waals surface area contributed by atoms with E-state index < -0.39 is 0 Å². The van der Waals surface area contributed by atoms with Gasteiger partial charge in [-0.2, -0.15) is 0 Å². The summed E-state index contributed by atoms with van der Waals surface area (Å²) in [6.07, 6.45) is 3.12. The highest BCUT2D eigenvalue weighted by atomic mass is 32.2. The number of amidine groups is 1. The number of esters is 1. The highest BCUT2D eigenvalue weighted by Gasteiger charge is 2.25. The Balaban J connectivity index is 2.49. The van der Waals surface area contributed by atoms with Crippen molar-refractivity contribution in [1.29, 1.82) is 0 Å². The van der Waals surface area contributed by atoms with Crippen LogP contribution in [0.3, 0.4) is 0 Å². The zero-order chi connectivity index (χ0) is 13.5. The molecule has 4 nitrogen and oxygen atoms in total. The highest BCUT2D eigenvalue weighted by Crippen LogP contribution is 2.24. The Bertz CT molecular complexity index is 305. The van der Waals surface area contributed by atoms with Crippen molar-refractivity contribution in [3.05, 3.63) is 0 Å². The molecular formula is C13H24N2O2S. The predicted molar refractivity (Wildman–Crippen MR) is 77.0 cm³/mol. The first-order chi connectivity index (χ1) is 8.56. The minimum atomic E-state index is -0.276. The Morgan fingerprint density at radius 3 is 2.89 bits per heavy atom. The molecule has 104 valence electrons. The third kappa shape index (κ3) is 4.88. The lowest BCUT2D eigenvalue weighted by Gasteiger charge is -2.19. The van der Waals surface area contributed by atoms with Crippen molar-refractivity contribution in [2.45, 2.75) is 51.3 Å². The average molecular weight is 272 g/mol. The summed E-state index contributed by atoms with van der Waals surface area (Å²) < 4.78 is 4.83. The summed E-state index contributed by atoms with van der Waals surface area (Å²) in [7, 11) is 1.43. The molecular weight excluding hydrogens is 248 g/mol. The standard InChI is InChI=1S/C13H24N2O2S/c1-5-6-10-8-14-13(18-10)15-11(7-9(2)3)12(16)17-4/h9-11H,5-8H2,1-4H3,(H,14,15). The summed E-state index contributed by atoms with van der Waals surface area (Å²) in [6.45, 7) is 7.24. The van der Waals surface area contributed by atoms with Crippen molar-refractivity contribution in [1.82, 2.24) is 5.32 Å². The van der Waals surface area contributed by atoms with E-state index in [0.717, 1.165) is 18.1 Å². The maximum absolute atomic E-state index is 11.7. The van der Waals surface area contributed by atoms with Crippen LogP contribution in [-0.4, -0.2) is 36.1 Å². The number of aliphatic imine (C=N–C) groups is 1. The van der Waals surface area contributed by atoms with E-state index in [1.165, 1.54) is 20.0 Å². The number of nitrogens with zero attached hydrogens (tertiary/aromatic N) is 1. The van der Waals surface area contributed by atoms with Crippen LogP contribution >= 0.6 is 11.8 Å². The number of methoxy groups -OCH3 is 1. The third-order valence-corrected chi connectivity index (χ3v) is 4.01. The topological polar surface area (TPSA) is 50.7 Å². The maximum Gasteiger partial charge on any atom is 0.328 e. The van der Waals surface area contributed by atoms with Crippen LogP contribution in [0.2, 0.25) is 0 Å². The van der Waals surface area contributed by atoms with Crippen LogP contribution in [0.4, 0.5) is 0 Å². The fourth-order valence-corrected chi connectivity index (χ4v) is 3.12. The van der Waals surface area contributed by atoms with Crippen molar-refractivity contribution in [2.24, 2.45) is 10.9 Å². The van der Waals surface area contributed by atoms with Crippen LogP contribution in [0.1, 0.15) is 40.0 Å². The molecule has 1 heterocycles. The summed E-state index contributed by atoms with van der Waals surface area (Å²) in [5.74, 6) is 0.242. The van der Waals surface area contributed by atoms with Gasteiger partial charge >= 0.3 is 5.97 Å². The second-order valence-corrected chi connectivity index (χ2v) is 6.31. The number of carbonyl (C=O) groups excluding carboxylic acids is 1. The molecule has 0 spiro atoms. The van der Waals surface area contributed by atoms with E-state index in [4.69, 9.17) is 4.74 Å². The van der Waals surface area contributed by atoms with Gasteiger partial charge in [-0.15, -0.1) is 0 Å². The molecule has 0 amide bonds. The molecule has 0 fully saturated rings. The van der Waals surface area contributed by atoms with E-state index in [0.29, 0.717) is 11.2 Å². The molecule has 0 saturated carbocycles. The van der Waals surface area contributed by atoms with Crippen LogP contribution in [0.5, 0.6) is 0 Å². The summed E-state index contributed by atoms with van der Waals surface area (Å²) in [5.41, 5.74) is 0. The van der Waals surface area contributed by atoms with E-state index in [2.05, 4.69) is 31.1 Å². The molecule has 1 rings (SSSR count). The van der Waals surface area contributed by atoms with Crippen LogP contribution in [0.25, 0.3) is 0 Å². The lowest BCUT2D eigenvalue weighted by atomic mass is 10.0. The van der Waals surface area contributed by atoms with Crippen molar-refractivity contribution in [3.8, 4) is 0 Å². The largest absolute Gasteiger partial charge is 0.467 e. The minimum absolute atomic E-state index is 0.203. The van der Waals surface area contributed by atoms with Crippen LogP contribution in [-0.2, 0) is 9.53 Å². The zero-order valence-electron chi connectivity index (χ0n) is 11.7. The molecule has 0 radical (unpaired) electrons. The van der Waals surface area contributed by atoms with Crippen LogP contribution in [0.15, 0.2) is 4.99 Å². The van der Waals surface area contributed by atoms with Gasteiger partial charge in [-0.25, -0.2) is 4.79 Å². The van der Waals surface area contributed by atoms with E-state index >= 15 is 0 Å². The van der Waals surface area contributed by atoms with Gasteiger partial charge in [0.05, 0.1) is 13.7 Å². The number of carbonyl (C=O) groups is 1. The molecule has 0 aromatic carbocycles. The van der Waals surface area contributed by atoms with Gasteiger partial charge in [0.2, 0.25) is 0 Å². The quantitative estimate of drug-likeness (QED) is 0.755. The number of ether oxygens (including phenoxy) is 1. The highest BCUT2D eigenvalue weighted by molar-refractivity contribution is 8.14. The SMILES string of the molecule is CCCC1CN=C(NC(CC(C)C)C(=O)OC)S1. The number of thioether (sulfide) groups is 1. The van der Waals surface area contributed by atoms with Gasteiger partial charge in [0.25, 0.3) is 0 Å². The van der Waals surface area contributed by atoms with Crippen molar-refractivity contribution >= 4 is 22.9 Å². The Morgan fingerprint density at radius 1 is 1.61 bits per heavy atom. The van der Waals surface area contributed by atoms with E-state index in [9.17, 15) is 4.79 Å². The fraction of sp³-hybridized carbons (Fsp3) is 0.846. The lowest BCUT2D eigenvalue weighted by molar-refractivity contribution is -0.143. The van der Waals surface area contributed by atoms with Gasteiger partial charge in [0.1, 0.15) is 6.04 Å². The molecule has 2 atom stereocenters. The summed E-state index contributed by atoms with van der Waals surface area (Å²) in [4.78, 5) is 16.2. The van der Waals surface area contributed by atoms with Crippen LogP contribution < -0.4 is 5.32 Å². The number of rotatable bonds is 6. The average Bonchev–Trinajstić information content (AvgIpc) is 2.75. The van der Waals surface area contributed by atoms with E-state index in [1.807, 2.05) is 0 Å². The van der Waals surface area contributed by atoms with Crippen molar-refractivity contribution in [2.75, 3.05) is 13.7 Å². The predicted octanol–water partition coefficient (Wildman–Crippen LogP) is 2.44. The molecule has 1 N–H and O–H groups in total. The molecule has 0 saturated heterocycles. The van der Waals surface area contributed by atoms with Crippen LogP contribution in [0, 0.1) is 5.92 Å². The Hall–Kier alpha value is -0.710. The van der Waals surface area contributed by atoms with Gasteiger partial charge in [-0.3, -0.25) is 4.99 Å². The summed E-state index contributed by atoms with van der Waals surface area (Å²) in [5, 5.41) is 4.68. The second kappa shape index (κ2) is 7.67. The first kappa shape index (κ1) is 15.3. The van der Waals surface area contributed by atoms with Gasteiger partial charge in [-0.1, -0.05) is 39.0 Å². The molecule has 0 bridgehead atoms. The fourth-order valence-electron chi connectivity index (χ4n) is 1.95. The molecule has 1 aliphatic heterocycles. The molecule has 0 aromatic heterocycles. The molecule has 0 aliphatic carbocycles. The van der Waals surface area contributed by atoms with Crippen molar-refractivity contribution in [3.63, 3.8) is 0 Å². The number of nitrogens with one attached hydrogen (secondary N) is 1. The molecule has 0 aromatic rings. The maximum atomic E-state index is 11.7. The van der Waals surface area contributed by atoms with Gasteiger partial charge in [-0.05, 0) is 18.8 Å². The first-order valence-corrected chi connectivity index (χ1v) is 7.50. The second-order valence-electron chi connectivity index (χ2n) is 5.02. The molecule has 1 aliphatic rings. The number of hydrogen-bond acceptors (Lipinski definition) is 5. The summed E-state index contributed by atoms with van der Waals surface area (Å²) >= 11 is 1.75. The van der Waals surface area contributed by atoms with Gasteiger partial charge < -0.3 is 10.1 Å². The monoisotopic (exact) mass is 272 g/mol. The molecule has 5 heteroatoms. The molecule has 18 heavy (non-hydrogen) atoms.